The maximum absolute atomic E-state index is 12.3. The van der Waals surface area contributed by atoms with E-state index in [1.165, 1.54) is 0 Å². The van der Waals surface area contributed by atoms with E-state index in [2.05, 4.69) is 4.98 Å². The van der Waals surface area contributed by atoms with E-state index >= 15 is 0 Å². The Labute approximate surface area is 133 Å². The van der Waals surface area contributed by atoms with Crippen LogP contribution >= 0.6 is 23.4 Å². The molecule has 1 fully saturated rings. The molecule has 2 heterocycles. The van der Waals surface area contributed by atoms with Crippen LogP contribution in [0.5, 0.6) is 0 Å². The normalized spacial score (nSPS) is 18.8. The van der Waals surface area contributed by atoms with Gasteiger partial charge in [-0.15, -0.1) is 11.8 Å². The topological polar surface area (TPSA) is 33.2 Å². The molecule has 1 aliphatic rings. The molecule has 0 aliphatic carbocycles. The Hall–Kier alpha value is -1.52. The van der Waals surface area contributed by atoms with E-state index in [1.807, 2.05) is 47.5 Å². The number of rotatable bonds is 3. The Balaban J connectivity index is 1.88. The standard InChI is InChI=1S/C16H15ClN2OS/c17-14-5-1-4-13(9-14)16-19(15(20)6-8-21-16)11-12-3-2-7-18-10-12/h1-5,7,9-10,16H,6,8,11H2. The van der Waals surface area contributed by atoms with E-state index in [9.17, 15) is 4.79 Å². The monoisotopic (exact) mass is 318 g/mol. The van der Waals surface area contributed by atoms with Crippen LogP contribution in [0.4, 0.5) is 0 Å². The fourth-order valence-corrected chi connectivity index (χ4v) is 3.84. The summed E-state index contributed by atoms with van der Waals surface area (Å²) < 4.78 is 0. The number of thioether (sulfide) groups is 1. The minimum atomic E-state index is 0.0187. The number of amides is 1. The van der Waals surface area contributed by atoms with Crippen LogP contribution in [0.2, 0.25) is 5.02 Å². The largest absolute Gasteiger partial charge is 0.322 e. The summed E-state index contributed by atoms with van der Waals surface area (Å²) in [6, 6.07) is 11.6. The number of benzene rings is 1. The second kappa shape index (κ2) is 6.50. The molecular weight excluding hydrogens is 304 g/mol. The van der Waals surface area contributed by atoms with Gasteiger partial charge in [0.25, 0.3) is 0 Å². The molecule has 0 N–H and O–H groups in total. The van der Waals surface area contributed by atoms with Crippen LogP contribution < -0.4 is 0 Å². The second-order valence-electron chi connectivity index (χ2n) is 4.91. The lowest BCUT2D eigenvalue weighted by Crippen LogP contribution is -2.36. The van der Waals surface area contributed by atoms with Crippen LogP contribution in [0.3, 0.4) is 0 Å². The average molecular weight is 319 g/mol. The average Bonchev–Trinajstić information content (AvgIpc) is 2.50. The van der Waals surface area contributed by atoms with Gasteiger partial charge in [0.05, 0.1) is 0 Å². The van der Waals surface area contributed by atoms with Crippen molar-refractivity contribution in [1.29, 1.82) is 0 Å². The van der Waals surface area contributed by atoms with Gasteiger partial charge in [0.15, 0.2) is 0 Å². The summed E-state index contributed by atoms with van der Waals surface area (Å²) in [5.74, 6) is 1.03. The van der Waals surface area contributed by atoms with Gasteiger partial charge in [-0.25, -0.2) is 0 Å². The first kappa shape index (κ1) is 14.4. The molecule has 1 unspecified atom stereocenters. The molecule has 108 valence electrons. The predicted octanol–water partition coefficient (Wildman–Crippen LogP) is 3.90. The Morgan fingerprint density at radius 1 is 1.33 bits per heavy atom. The van der Waals surface area contributed by atoms with Crippen LogP contribution in [0.1, 0.15) is 22.9 Å². The molecule has 21 heavy (non-hydrogen) atoms. The lowest BCUT2D eigenvalue weighted by Gasteiger charge is -2.35. The zero-order chi connectivity index (χ0) is 14.7. The van der Waals surface area contributed by atoms with Crippen molar-refractivity contribution in [1.82, 2.24) is 9.88 Å². The summed E-state index contributed by atoms with van der Waals surface area (Å²) >= 11 is 7.87. The van der Waals surface area contributed by atoms with E-state index < -0.39 is 0 Å². The lowest BCUT2D eigenvalue weighted by molar-refractivity contribution is -0.132. The van der Waals surface area contributed by atoms with Crippen molar-refractivity contribution in [3.8, 4) is 0 Å². The first-order chi connectivity index (χ1) is 10.2. The number of hydrogen-bond acceptors (Lipinski definition) is 3. The maximum atomic E-state index is 12.3. The van der Waals surface area contributed by atoms with E-state index in [4.69, 9.17) is 11.6 Å². The summed E-state index contributed by atoms with van der Waals surface area (Å²) in [6.07, 6.45) is 4.13. The Bertz CT molecular complexity index is 635. The van der Waals surface area contributed by atoms with E-state index in [0.29, 0.717) is 18.0 Å². The van der Waals surface area contributed by atoms with E-state index in [0.717, 1.165) is 16.9 Å². The Morgan fingerprint density at radius 3 is 3.00 bits per heavy atom. The highest BCUT2D eigenvalue weighted by molar-refractivity contribution is 7.99. The summed E-state index contributed by atoms with van der Waals surface area (Å²) in [7, 11) is 0. The highest BCUT2D eigenvalue weighted by atomic mass is 35.5. The fraction of sp³-hybridized carbons (Fsp3) is 0.250. The number of nitrogens with zero attached hydrogens (tertiary/aromatic N) is 2. The van der Waals surface area contributed by atoms with Crippen molar-refractivity contribution in [2.75, 3.05) is 5.75 Å². The number of pyridine rings is 1. The Kier molecular flexibility index (Phi) is 4.46. The molecule has 5 heteroatoms. The third-order valence-electron chi connectivity index (χ3n) is 3.40. The zero-order valence-electron chi connectivity index (χ0n) is 11.4. The van der Waals surface area contributed by atoms with Crippen molar-refractivity contribution in [2.24, 2.45) is 0 Å². The molecule has 0 radical (unpaired) electrons. The van der Waals surface area contributed by atoms with Gasteiger partial charge in [-0.05, 0) is 29.3 Å². The highest BCUT2D eigenvalue weighted by Gasteiger charge is 2.29. The van der Waals surface area contributed by atoms with Gasteiger partial charge in [0, 0.05) is 36.1 Å². The molecular formula is C16H15ClN2OS. The molecule has 1 saturated heterocycles. The van der Waals surface area contributed by atoms with Crippen LogP contribution in [0.15, 0.2) is 48.8 Å². The summed E-state index contributed by atoms with van der Waals surface area (Å²) in [6.45, 7) is 0.580. The smallest absolute Gasteiger partial charge is 0.224 e. The predicted molar refractivity (Wildman–Crippen MR) is 86.1 cm³/mol. The van der Waals surface area contributed by atoms with Gasteiger partial charge >= 0.3 is 0 Å². The van der Waals surface area contributed by atoms with Crippen molar-refractivity contribution in [3.63, 3.8) is 0 Å². The second-order valence-corrected chi connectivity index (χ2v) is 6.54. The SMILES string of the molecule is O=C1CCSC(c2cccc(Cl)c2)N1Cc1cccnc1. The summed E-state index contributed by atoms with van der Waals surface area (Å²) in [4.78, 5) is 18.4. The van der Waals surface area contributed by atoms with Crippen molar-refractivity contribution in [2.45, 2.75) is 18.3 Å². The van der Waals surface area contributed by atoms with Crippen molar-refractivity contribution < 1.29 is 4.79 Å². The highest BCUT2D eigenvalue weighted by Crippen LogP contribution is 2.38. The molecule has 3 rings (SSSR count). The minimum Gasteiger partial charge on any atom is -0.322 e. The fourth-order valence-electron chi connectivity index (χ4n) is 2.42. The van der Waals surface area contributed by atoms with Crippen molar-refractivity contribution in [3.05, 3.63) is 64.9 Å². The van der Waals surface area contributed by atoms with E-state index in [-0.39, 0.29) is 11.3 Å². The van der Waals surface area contributed by atoms with Gasteiger partial charge in [0.2, 0.25) is 5.91 Å². The summed E-state index contributed by atoms with van der Waals surface area (Å²) in [5, 5.41) is 0.720. The molecule has 0 bridgehead atoms. The number of hydrogen-bond donors (Lipinski definition) is 0. The van der Waals surface area contributed by atoms with Crippen LogP contribution in [-0.2, 0) is 11.3 Å². The van der Waals surface area contributed by atoms with Gasteiger partial charge in [0.1, 0.15) is 5.37 Å². The molecule has 1 amide bonds. The third-order valence-corrected chi connectivity index (χ3v) is 4.92. The zero-order valence-corrected chi connectivity index (χ0v) is 13.0. The van der Waals surface area contributed by atoms with Gasteiger partial charge in [-0.1, -0.05) is 29.8 Å². The Morgan fingerprint density at radius 2 is 2.24 bits per heavy atom. The van der Waals surface area contributed by atoms with E-state index in [1.54, 1.807) is 18.0 Å². The molecule has 0 spiro atoms. The lowest BCUT2D eigenvalue weighted by atomic mass is 10.1. The molecule has 1 aliphatic heterocycles. The first-order valence-corrected chi connectivity index (χ1v) is 8.22. The van der Waals surface area contributed by atoms with Gasteiger partial charge in [-0.2, -0.15) is 0 Å². The maximum Gasteiger partial charge on any atom is 0.224 e. The molecule has 2 aromatic rings. The number of carbonyl (C=O) groups excluding carboxylic acids is 1. The minimum absolute atomic E-state index is 0.0187. The number of carbonyl (C=O) groups is 1. The number of aromatic nitrogens is 1. The number of halogens is 1. The van der Waals surface area contributed by atoms with Crippen LogP contribution in [0, 0.1) is 0 Å². The van der Waals surface area contributed by atoms with Gasteiger partial charge in [-0.3, -0.25) is 9.78 Å². The van der Waals surface area contributed by atoms with Gasteiger partial charge < -0.3 is 4.90 Å². The summed E-state index contributed by atoms with van der Waals surface area (Å²) in [5.41, 5.74) is 2.12. The van der Waals surface area contributed by atoms with Crippen molar-refractivity contribution >= 4 is 29.3 Å². The molecule has 1 aromatic carbocycles. The molecule has 0 saturated carbocycles. The third kappa shape index (κ3) is 3.39. The molecule has 3 nitrogen and oxygen atoms in total. The first-order valence-electron chi connectivity index (χ1n) is 6.79. The van der Waals surface area contributed by atoms with Crippen LogP contribution in [0.25, 0.3) is 0 Å². The molecule has 1 atom stereocenters. The molecule has 1 aromatic heterocycles. The van der Waals surface area contributed by atoms with Crippen LogP contribution in [-0.4, -0.2) is 21.5 Å². The quantitative estimate of drug-likeness (QED) is 0.860.